The fourth-order valence-electron chi connectivity index (χ4n) is 2.82. The molecule has 0 aliphatic rings. The van der Waals surface area contributed by atoms with Crippen molar-refractivity contribution in [1.82, 2.24) is 14.9 Å². The zero-order valence-corrected chi connectivity index (χ0v) is 15.8. The van der Waals surface area contributed by atoms with Gasteiger partial charge in [-0.15, -0.1) is 0 Å². The van der Waals surface area contributed by atoms with Crippen molar-refractivity contribution in [3.63, 3.8) is 0 Å². The molecule has 0 bridgehead atoms. The van der Waals surface area contributed by atoms with Gasteiger partial charge in [-0.3, -0.25) is 0 Å². The van der Waals surface area contributed by atoms with Crippen molar-refractivity contribution < 1.29 is 0 Å². The second-order valence-electron chi connectivity index (χ2n) is 6.66. The second kappa shape index (κ2) is 8.23. The lowest BCUT2D eigenvalue weighted by atomic mass is 10.2. The van der Waals surface area contributed by atoms with E-state index in [1.54, 1.807) is 11.3 Å². The van der Waals surface area contributed by atoms with Gasteiger partial charge in [-0.1, -0.05) is 55.5 Å². The first kappa shape index (κ1) is 17.6. The number of benzene rings is 1. The van der Waals surface area contributed by atoms with Crippen LogP contribution < -0.4 is 5.32 Å². The Morgan fingerprint density at radius 2 is 1.92 bits per heavy atom. The number of nitrogens with one attached hydrogen (secondary N) is 1. The fourth-order valence-corrected chi connectivity index (χ4v) is 3.65. The van der Waals surface area contributed by atoms with Crippen molar-refractivity contribution in [3.8, 4) is 10.4 Å². The zero-order valence-electron chi connectivity index (χ0n) is 14.9. The van der Waals surface area contributed by atoms with Gasteiger partial charge in [0.25, 0.3) is 0 Å². The summed E-state index contributed by atoms with van der Waals surface area (Å²) < 4.78 is 0. The normalized spacial score (nSPS) is 11.2. The van der Waals surface area contributed by atoms with Gasteiger partial charge >= 0.3 is 0 Å². The number of rotatable bonds is 7. The van der Waals surface area contributed by atoms with E-state index in [4.69, 9.17) is 0 Å². The first-order valence-corrected chi connectivity index (χ1v) is 9.33. The van der Waals surface area contributed by atoms with Crippen molar-refractivity contribution in [3.05, 3.63) is 60.4 Å². The van der Waals surface area contributed by atoms with Crippen LogP contribution in [0.25, 0.3) is 10.4 Å². The fraction of sp³-hybridized carbons (Fsp3) is 0.300. The number of hydrogen-bond acceptors (Lipinski definition) is 5. The lowest BCUT2D eigenvalue weighted by Gasteiger charge is -2.19. The number of aromatic nitrogens is 2. The van der Waals surface area contributed by atoms with Gasteiger partial charge in [0.2, 0.25) is 0 Å². The average Bonchev–Trinajstić information content (AvgIpc) is 3.03. The van der Waals surface area contributed by atoms with Gasteiger partial charge in [-0.2, -0.15) is 0 Å². The molecule has 0 fully saturated rings. The highest BCUT2D eigenvalue weighted by Gasteiger charge is 2.07. The van der Waals surface area contributed by atoms with Crippen molar-refractivity contribution in [2.45, 2.75) is 20.4 Å². The smallest absolute Gasteiger partial charge is 0.188 e. The molecule has 5 heteroatoms. The van der Waals surface area contributed by atoms with E-state index < -0.39 is 0 Å². The predicted molar refractivity (Wildman–Crippen MR) is 106 cm³/mol. The van der Waals surface area contributed by atoms with E-state index in [0.29, 0.717) is 5.92 Å². The van der Waals surface area contributed by atoms with Crippen molar-refractivity contribution in [1.29, 1.82) is 0 Å². The van der Waals surface area contributed by atoms with Crippen LogP contribution >= 0.6 is 11.3 Å². The summed E-state index contributed by atoms with van der Waals surface area (Å²) in [7, 11) is 2.15. The molecule has 4 nitrogen and oxygen atoms in total. The van der Waals surface area contributed by atoms with Crippen LogP contribution in [0.5, 0.6) is 0 Å². The molecule has 0 amide bonds. The molecule has 0 aliphatic carbocycles. The molecule has 0 aliphatic heterocycles. The van der Waals surface area contributed by atoms with E-state index in [-0.39, 0.29) is 0 Å². The number of thiazole rings is 1. The molecule has 130 valence electrons. The van der Waals surface area contributed by atoms with E-state index in [9.17, 15) is 0 Å². The van der Waals surface area contributed by atoms with E-state index in [0.717, 1.165) is 28.9 Å². The maximum atomic E-state index is 4.47. The Morgan fingerprint density at radius 3 is 2.68 bits per heavy atom. The zero-order chi connectivity index (χ0) is 17.6. The highest BCUT2D eigenvalue weighted by molar-refractivity contribution is 7.18. The summed E-state index contributed by atoms with van der Waals surface area (Å²) in [4.78, 5) is 12.4. The summed E-state index contributed by atoms with van der Waals surface area (Å²) in [6.07, 6.45) is 3.76. The Hall–Kier alpha value is -2.24. The first-order chi connectivity index (χ1) is 12.1. The SMILES string of the molecule is CC(C)CN(C)Cc1ccnc(Nc2ncc(-c3ccccc3)s2)c1. The maximum absolute atomic E-state index is 4.47. The van der Waals surface area contributed by atoms with E-state index in [1.165, 1.54) is 11.1 Å². The summed E-state index contributed by atoms with van der Waals surface area (Å²) >= 11 is 1.64. The van der Waals surface area contributed by atoms with E-state index in [2.05, 4.69) is 65.3 Å². The molecule has 25 heavy (non-hydrogen) atoms. The molecule has 1 aromatic carbocycles. The predicted octanol–water partition coefficient (Wildman–Crippen LogP) is 5.04. The van der Waals surface area contributed by atoms with Gasteiger partial charge < -0.3 is 10.2 Å². The second-order valence-corrected chi connectivity index (χ2v) is 7.69. The average molecular weight is 353 g/mol. The minimum atomic E-state index is 0.663. The molecule has 2 aromatic heterocycles. The molecule has 0 spiro atoms. The monoisotopic (exact) mass is 352 g/mol. The van der Waals surface area contributed by atoms with E-state index >= 15 is 0 Å². The summed E-state index contributed by atoms with van der Waals surface area (Å²) in [6.45, 7) is 6.48. The van der Waals surface area contributed by atoms with Crippen LogP contribution in [0.15, 0.2) is 54.9 Å². The van der Waals surface area contributed by atoms with Crippen molar-refractivity contribution in [2.75, 3.05) is 18.9 Å². The maximum Gasteiger partial charge on any atom is 0.188 e. The molecule has 3 rings (SSSR count). The topological polar surface area (TPSA) is 41.1 Å². The minimum absolute atomic E-state index is 0.663. The van der Waals surface area contributed by atoms with Crippen LogP contribution in [0, 0.1) is 5.92 Å². The van der Waals surface area contributed by atoms with Crippen LogP contribution in [0.3, 0.4) is 0 Å². The molecule has 0 saturated heterocycles. The molecule has 0 unspecified atom stereocenters. The molecule has 0 radical (unpaired) electrons. The third-order valence-corrected chi connectivity index (χ3v) is 4.71. The van der Waals surface area contributed by atoms with Crippen molar-refractivity contribution >= 4 is 22.3 Å². The standard InChI is InChI=1S/C20H24N4S/c1-15(2)13-24(3)14-16-9-10-21-19(11-16)23-20-22-12-18(25-20)17-7-5-4-6-8-17/h4-12,15H,13-14H2,1-3H3,(H,21,22,23). The number of anilines is 2. The Morgan fingerprint density at radius 1 is 1.12 bits per heavy atom. The summed E-state index contributed by atoms with van der Waals surface area (Å²) in [5.74, 6) is 1.50. The Bertz CT molecular complexity index is 798. The molecular formula is C20H24N4S. The van der Waals surface area contributed by atoms with Gasteiger partial charge in [0, 0.05) is 25.5 Å². The van der Waals surface area contributed by atoms with Gasteiger partial charge in [-0.05, 0) is 36.2 Å². The Balaban J connectivity index is 1.67. The quantitative estimate of drug-likeness (QED) is 0.647. The van der Waals surface area contributed by atoms with E-state index in [1.807, 2.05) is 30.6 Å². The number of pyridine rings is 1. The first-order valence-electron chi connectivity index (χ1n) is 8.52. The Kier molecular flexibility index (Phi) is 5.79. The lowest BCUT2D eigenvalue weighted by molar-refractivity contribution is 0.288. The minimum Gasteiger partial charge on any atom is -0.316 e. The van der Waals surface area contributed by atoms with Gasteiger partial charge in [0.1, 0.15) is 5.82 Å². The van der Waals surface area contributed by atoms with Crippen LogP contribution in [-0.2, 0) is 6.54 Å². The molecule has 1 N–H and O–H groups in total. The van der Waals surface area contributed by atoms with Crippen LogP contribution in [0.1, 0.15) is 19.4 Å². The highest BCUT2D eigenvalue weighted by Crippen LogP contribution is 2.30. The molecule has 0 saturated carbocycles. The lowest BCUT2D eigenvalue weighted by Crippen LogP contribution is -2.22. The third kappa shape index (κ3) is 5.11. The Labute approximate surface area is 153 Å². The molecule has 2 heterocycles. The summed E-state index contributed by atoms with van der Waals surface area (Å²) in [5, 5.41) is 4.19. The van der Waals surface area contributed by atoms with Gasteiger partial charge in [-0.25, -0.2) is 9.97 Å². The van der Waals surface area contributed by atoms with Crippen molar-refractivity contribution in [2.24, 2.45) is 5.92 Å². The van der Waals surface area contributed by atoms with Crippen LogP contribution in [-0.4, -0.2) is 28.5 Å². The third-order valence-electron chi connectivity index (χ3n) is 3.75. The molecule has 0 atom stereocenters. The number of hydrogen-bond donors (Lipinski definition) is 1. The summed E-state index contributed by atoms with van der Waals surface area (Å²) in [5.41, 5.74) is 2.44. The molecular weight excluding hydrogens is 328 g/mol. The van der Waals surface area contributed by atoms with Crippen LogP contribution in [0.2, 0.25) is 0 Å². The molecule has 3 aromatic rings. The van der Waals surface area contributed by atoms with Gasteiger partial charge in [0.15, 0.2) is 5.13 Å². The summed E-state index contributed by atoms with van der Waals surface area (Å²) in [6, 6.07) is 14.5. The van der Waals surface area contributed by atoms with Crippen LogP contribution in [0.4, 0.5) is 10.9 Å². The highest BCUT2D eigenvalue weighted by atomic mass is 32.1. The van der Waals surface area contributed by atoms with Gasteiger partial charge in [0.05, 0.1) is 4.88 Å². The largest absolute Gasteiger partial charge is 0.316 e. The number of nitrogens with zero attached hydrogens (tertiary/aromatic N) is 3.